The summed E-state index contributed by atoms with van der Waals surface area (Å²) in [4.78, 5) is 11.6. The molecule has 0 bridgehead atoms. The van der Waals surface area contributed by atoms with Gasteiger partial charge in [0, 0.05) is 0 Å². The first-order valence-corrected chi connectivity index (χ1v) is 5.69. The van der Waals surface area contributed by atoms with Gasteiger partial charge >= 0.3 is 5.97 Å². The number of carbonyl (C=O) groups is 1. The number of nitrogens with zero attached hydrogens (tertiary/aromatic N) is 3. The third-order valence-corrected chi connectivity index (χ3v) is 2.48. The maximum Gasteiger partial charge on any atom is 0.361 e. The molecule has 2 aromatic rings. The lowest BCUT2D eigenvalue weighted by Gasteiger charge is -2.02. The molecule has 1 aromatic heterocycles. The normalized spacial score (nSPS) is 9.89. The molecule has 0 saturated carbocycles. The second-order valence-corrected chi connectivity index (χ2v) is 3.73. The molecule has 0 aliphatic carbocycles. The number of esters is 1. The maximum atomic E-state index is 11.6. The zero-order valence-corrected chi connectivity index (χ0v) is 10.3. The number of hydrogen-bond acceptors (Lipinski definition) is 5. The van der Waals surface area contributed by atoms with Gasteiger partial charge in [-0.2, -0.15) is 10.4 Å². The smallest absolute Gasteiger partial charge is 0.361 e. The Morgan fingerprint density at radius 2 is 2.26 bits per heavy atom. The van der Waals surface area contributed by atoms with Gasteiger partial charge in [-0.1, -0.05) is 12.1 Å². The number of anilines is 1. The minimum absolute atomic E-state index is 0.0505. The van der Waals surface area contributed by atoms with Crippen LogP contribution in [0.2, 0.25) is 0 Å². The van der Waals surface area contributed by atoms with Gasteiger partial charge in [0.15, 0.2) is 5.69 Å². The number of nitriles is 1. The van der Waals surface area contributed by atoms with E-state index in [0.717, 1.165) is 0 Å². The molecular formula is C13H12N4O2. The highest BCUT2D eigenvalue weighted by Gasteiger charge is 2.17. The van der Waals surface area contributed by atoms with Crippen LogP contribution in [0.1, 0.15) is 23.0 Å². The minimum Gasteiger partial charge on any atom is -0.461 e. The van der Waals surface area contributed by atoms with Crippen LogP contribution in [0.15, 0.2) is 30.5 Å². The largest absolute Gasteiger partial charge is 0.461 e. The third-order valence-electron chi connectivity index (χ3n) is 2.48. The number of ether oxygens (including phenoxy) is 1. The van der Waals surface area contributed by atoms with Crippen LogP contribution in [0, 0.1) is 11.3 Å². The molecule has 1 aromatic carbocycles. The van der Waals surface area contributed by atoms with Crippen LogP contribution in [-0.2, 0) is 4.74 Å². The van der Waals surface area contributed by atoms with Crippen LogP contribution in [-0.4, -0.2) is 22.4 Å². The third kappa shape index (κ3) is 2.40. The summed E-state index contributed by atoms with van der Waals surface area (Å²) in [6, 6.07) is 8.97. The topological polar surface area (TPSA) is 93.9 Å². The molecule has 0 saturated heterocycles. The molecule has 96 valence electrons. The molecular weight excluding hydrogens is 244 g/mol. The first-order chi connectivity index (χ1) is 9.17. The van der Waals surface area contributed by atoms with Crippen molar-refractivity contribution in [3.05, 3.63) is 41.7 Å². The molecule has 19 heavy (non-hydrogen) atoms. The van der Waals surface area contributed by atoms with E-state index in [9.17, 15) is 4.79 Å². The molecule has 0 aliphatic rings. The molecule has 0 radical (unpaired) electrons. The second kappa shape index (κ2) is 5.23. The Balaban J connectivity index is 2.45. The summed E-state index contributed by atoms with van der Waals surface area (Å²) in [5, 5.41) is 13.1. The molecule has 0 amide bonds. The number of benzene rings is 1. The molecule has 0 spiro atoms. The second-order valence-electron chi connectivity index (χ2n) is 3.73. The first kappa shape index (κ1) is 12.6. The predicted molar refractivity (Wildman–Crippen MR) is 68.6 cm³/mol. The van der Waals surface area contributed by atoms with Crippen molar-refractivity contribution < 1.29 is 9.53 Å². The van der Waals surface area contributed by atoms with Crippen molar-refractivity contribution in [1.29, 1.82) is 5.26 Å². The van der Waals surface area contributed by atoms with Gasteiger partial charge < -0.3 is 10.5 Å². The lowest BCUT2D eigenvalue weighted by Crippen LogP contribution is -2.08. The van der Waals surface area contributed by atoms with E-state index in [4.69, 9.17) is 15.7 Å². The Bertz CT molecular complexity index is 655. The Hall–Kier alpha value is -2.81. The number of aromatic nitrogens is 2. The minimum atomic E-state index is -0.576. The van der Waals surface area contributed by atoms with Gasteiger partial charge in [-0.3, -0.25) is 0 Å². The number of nitrogens with two attached hydrogens (primary N) is 1. The Morgan fingerprint density at radius 3 is 2.95 bits per heavy atom. The van der Waals surface area contributed by atoms with E-state index >= 15 is 0 Å². The molecule has 6 nitrogen and oxygen atoms in total. The summed E-state index contributed by atoms with van der Waals surface area (Å²) in [5.41, 5.74) is 7.01. The van der Waals surface area contributed by atoms with Crippen LogP contribution in [0.5, 0.6) is 0 Å². The van der Waals surface area contributed by atoms with Crippen LogP contribution >= 0.6 is 0 Å². The van der Waals surface area contributed by atoms with E-state index < -0.39 is 5.97 Å². The van der Waals surface area contributed by atoms with Crippen molar-refractivity contribution in [1.82, 2.24) is 9.78 Å². The van der Waals surface area contributed by atoms with Crippen LogP contribution in [0.25, 0.3) is 5.69 Å². The van der Waals surface area contributed by atoms with Gasteiger partial charge in [0.25, 0.3) is 0 Å². The zero-order valence-electron chi connectivity index (χ0n) is 10.3. The van der Waals surface area contributed by atoms with E-state index in [1.54, 1.807) is 31.2 Å². The van der Waals surface area contributed by atoms with Crippen molar-refractivity contribution in [2.45, 2.75) is 6.92 Å². The Morgan fingerprint density at radius 1 is 1.53 bits per heavy atom. The van der Waals surface area contributed by atoms with Crippen molar-refractivity contribution in [2.75, 3.05) is 12.3 Å². The summed E-state index contributed by atoms with van der Waals surface area (Å²) < 4.78 is 6.26. The quantitative estimate of drug-likeness (QED) is 0.840. The van der Waals surface area contributed by atoms with Crippen LogP contribution in [0.4, 0.5) is 5.69 Å². The number of rotatable bonds is 3. The van der Waals surface area contributed by atoms with Gasteiger partial charge in [-0.05, 0) is 19.1 Å². The average Bonchev–Trinajstić information content (AvgIpc) is 2.81. The summed E-state index contributed by atoms with van der Waals surface area (Å²) in [6.07, 6.45) is 1.49. The molecule has 0 unspecified atom stereocenters. The lowest BCUT2D eigenvalue weighted by atomic mass is 10.2. The van der Waals surface area contributed by atoms with E-state index in [2.05, 4.69) is 11.2 Å². The maximum absolute atomic E-state index is 11.6. The fourth-order valence-corrected chi connectivity index (χ4v) is 1.64. The molecule has 2 N–H and O–H groups in total. The van der Waals surface area contributed by atoms with Crippen LogP contribution < -0.4 is 5.73 Å². The summed E-state index contributed by atoms with van der Waals surface area (Å²) >= 11 is 0. The van der Waals surface area contributed by atoms with Gasteiger partial charge in [0.2, 0.25) is 0 Å². The average molecular weight is 256 g/mol. The first-order valence-electron chi connectivity index (χ1n) is 5.69. The van der Waals surface area contributed by atoms with Gasteiger partial charge in [-0.25, -0.2) is 9.48 Å². The monoisotopic (exact) mass is 256 g/mol. The highest BCUT2D eigenvalue weighted by Crippen LogP contribution is 2.17. The molecule has 0 aliphatic heterocycles. The predicted octanol–water partition coefficient (Wildman–Crippen LogP) is 1.50. The number of para-hydroxylation sites is 1. The Kier molecular flexibility index (Phi) is 3.48. The van der Waals surface area contributed by atoms with E-state index in [0.29, 0.717) is 11.3 Å². The van der Waals surface area contributed by atoms with E-state index in [-0.39, 0.29) is 18.0 Å². The van der Waals surface area contributed by atoms with Crippen molar-refractivity contribution in [3.8, 4) is 11.8 Å². The fraction of sp³-hybridized carbons (Fsp3) is 0.154. The number of hydrogen-bond donors (Lipinski definition) is 1. The standard InChI is InChI=1S/C13H12N4O2/c1-2-19-13(18)12-10(15)8-17(16-12)11-6-4-3-5-9(11)7-14/h3-6,8H,2,15H2,1H3. The molecule has 2 rings (SSSR count). The summed E-state index contributed by atoms with van der Waals surface area (Å²) in [7, 11) is 0. The highest BCUT2D eigenvalue weighted by atomic mass is 16.5. The van der Waals surface area contributed by atoms with Gasteiger partial charge in [0.1, 0.15) is 6.07 Å². The fourth-order valence-electron chi connectivity index (χ4n) is 1.64. The van der Waals surface area contributed by atoms with Gasteiger partial charge in [-0.15, -0.1) is 0 Å². The van der Waals surface area contributed by atoms with Gasteiger partial charge in [0.05, 0.1) is 29.7 Å². The van der Waals surface area contributed by atoms with Crippen molar-refractivity contribution in [2.24, 2.45) is 0 Å². The molecule has 0 fully saturated rings. The lowest BCUT2D eigenvalue weighted by molar-refractivity contribution is 0.0520. The molecule has 0 atom stereocenters. The summed E-state index contributed by atoms with van der Waals surface area (Å²) in [5.74, 6) is -0.576. The SMILES string of the molecule is CCOC(=O)c1nn(-c2ccccc2C#N)cc1N. The number of nitrogen functional groups attached to an aromatic ring is 1. The van der Waals surface area contributed by atoms with Crippen molar-refractivity contribution in [3.63, 3.8) is 0 Å². The van der Waals surface area contributed by atoms with E-state index in [1.165, 1.54) is 10.9 Å². The number of carbonyl (C=O) groups excluding carboxylic acids is 1. The summed E-state index contributed by atoms with van der Waals surface area (Å²) in [6.45, 7) is 1.95. The van der Waals surface area contributed by atoms with E-state index in [1.807, 2.05) is 0 Å². The zero-order chi connectivity index (χ0) is 13.8. The van der Waals surface area contributed by atoms with Crippen molar-refractivity contribution >= 4 is 11.7 Å². The molecule has 1 heterocycles. The van der Waals surface area contributed by atoms with Crippen LogP contribution in [0.3, 0.4) is 0 Å². The molecule has 6 heteroatoms. The highest BCUT2D eigenvalue weighted by molar-refractivity contribution is 5.92. The Labute approximate surface area is 110 Å².